The maximum Gasteiger partial charge on any atom is 0.220 e. The van der Waals surface area contributed by atoms with Crippen LogP contribution in [0.5, 0.6) is 0 Å². The number of rotatable bonds is 8. The van der Waals surface area contributed by atoms with Gasteiger partial charge in [-0.2, -0.15) is 0 Å². The van der Waals surface area contributed by atoms with Gasteiger partial charge in [0.25, 0.3) is 0 Å². The van der Waals surface area contributed by atoms with Gasteiger partial charge in [-0.15, -0.1) is 11.3 Å². The van der Waals surface area contributed by atoms with Gasteiger partial charge >= 0.3 is 0 Å². The number of carbonyl (C=O) groups excluding carboxylic acids is 3. The highest BCUT2D eigenvalue weighted by Gasteiger charge is 2.16. The molecule has 1 amide bonds. The standard InChI is InChI=1S/C20H29NO3S/c1-15-9-13-19(25-15)18(23)12-10-17(22)11-14-20(24)21-16-7-5-3-2-4-6-8-16/h9,13,16H,2-8,10-12,14H2,1H3,(H,21,24). The van der Waals surface area contributed by atoms with Gasteiger partial charge in [-0.05, 0) is 31.9 Å². The topological polar surface area (TPSA) is 63.2 Å². The van der Waals surface area contributed by atoms with Crippen molar-refractivity contribution >= 4 is 28.8 Å². The summed E-state index contributed by atoms with van der Waals surface area (Å²) in [6, 6.07) is 4.00. The van der Waals surface area contributed by atoms with E-state index < -0.39 is 0 Å². The van der Waals surface area contributed by atoms with Gasteiger partial charge in [0.05, 0.1) is 4.88 Å². The van der Waals surface area contributed by atoms with E-state index in [1.54, 1.807) is 0 Å². The van der Waals surface area contributed by atoms with Gasteiger partial charge in [0, 0.05) is 36.6 Å². The minimum atomic E-state index is -0.0286. The van der Waals surface area contributed by atoms with Crippen molar-refractivity contribution in [2.75, 3.05) is 0 Å². The van der Waals surface area contributed by atoms with Gasteiger partial charge in [0.2, 0.25) is 5.91 Å². The number of Topliss-reactive ketones (excluding diaryl/α,β-unsaturated/α-hetero) is 2. The smallest absolute Gasteiger partial charge is 0.220 e. The predicted molar refractivity (Wildman–Crippen MR) is 101 cm³/mol. The minimum absolute atomic E-state index is 0.00514. The average molecular weight is 364 g/mol. The molecule has 4 nitrogen and oxygen atoms in total. The van der Waals surface area contributed by atoms with Gasteiger partial charge in [0.1, 0.15) is 5.78 Å². The second kappa shape index (κ2) is 10.5. The molecule has 138 valence electrons. The molecule has 0 saturated heterocycles. The Kier molecular flexibility index (Phi) is 8.32. The maximum atomic E-state index is 12.0. The number of hydrogen-bond acceptors (Lipinski definition) is 4. The van der Waals surface area contributed by atoms with Crippen LogP contribution in [0.15, 0.2) is 12.1 Å². The van der Waals surface area contributed by atoms with Gasteiger partial charge in [0.15, 0.2) is 5.78 Å². The van der Waals surface area contributed by atoms with E-state index >= 15 is 0 Å². The van der Waals surface area contributed by atoms with Crippen LogP contribution in [0.2, 0.25) is 0 Å². The maximum absolute atomic E-state index is 12.0. The molecular weight excluding hydrogens is 334 g/mol. The van der Waals surface area contributed by atoms with Crippen LogP contribution in [0, 0.1) is 6.92 Å². The Morgan fingerprint density at radius 3 is 2.24 bits per heavy atom. The summed E-state index contributed by atoms with van der Waals surface area (Å²) in [5.74, 6) is -0.0148. The summed E-state index contributed by atoms with van der Waals surface area (Å²) in [5, 5.41) is 3.08. The Morgan fingerprint density at radius 1 is 0.960 bits per heavy atom. The molecule has 1 fully saturated rings. The van der Waals surface area contributed by atoms with Crippen molar-refractivity contribution in [2.45, 2.75) is 83.6 Å². The summed E-state index contributed by atoms with van der Waals surface area (Å²) in [4.78, 5) is 37.8. The largest absolute Gasteiger partial charge is 0.353 e. The molecule has 1 heterocycles. The molecule has 1 aliphatic rings. The van der Waals surface area contributed by atoms with Crippen LogP contribution in [0.1, 0.15) is 85.2 Å². The monoisotopic (exact) mass is 363 g/mol. The van der Waals surface area contributed by atoms with Crippen LogP contribution < -0.4 is 5.32 Å². The molecular formula is C20H29NO3S. The fourth-order valence-corrected chi connectivity index (χ4v) is 4.07. The van der Waals surface area contributed by atoms with Gasteiger partial charge in [-0.1, -0.05) is 32.1 Å². The second-order valence-electron chi connectivity index (χ2n) is 6.98. The Bertz CT molecular complexity index is 586. The SMILES string of the molecule is Cc1ccc(C(=O)CCC(=O)CCC(=O)NC2CCCCCCC2)s1. The van der Waals surface area contributed by atoms with E-state index in [0.29, 0.717) is 4.88 Å². The van der Waals surface area contributed by atoms with Crippen molar-refractivity contribution in [3.63, 3.8) is 0 Å². The third kappa shape index (κ3) is 7.51. The highest BCUT2D eigenvalue weighted by atomic mass is 32.1. The first-order valence-electron chi connectivity index (χ1n) is 9.45. The summed E-state index contributed by atoms with van der Waals surface area (Å²) >= 11 is 1.46. The summed E-state index contributed by atoms with van der Waals surface area (Å²) in [7, 11) is 0. The lowest BCUT2D eigenvalue weighted by Crippen LogP contribution is -2.35. The van der Waals surface area contributed by atoms with Crippen LogP contribution in [-0.4, -0.2) is 23.5 Å². The molecule has 0 unspecified atom stereocenters. The average Bonchev–Trinajstić information content (AvgIpc) is 2.99. The number of aryl methyl sites for hydroxylation is 1. The lowest BCUT2D eigenvalue weighted by atomic mass is 9.96. The first-order chi connectivity index (χ1) is 12.0. The zero-order valence-corrected chi connectivity index (χ0v) is 16.0. The van der Waals surface area contributed by atoms with E-state index in [9.17, 15) is 14.4 Å². The quantitative estimate of drug-likeness (QED) is 0.687. The normalized spacial score (nSPS) is 16.0. The zero-order valence-electron chi connectivity index (χ0n) is 15.1. The van der Waals surface area contributed by atoms with E-state index in [1.807, 2.05) is 19.1 Å². The molecule has 0 aliphatic heterocycles. The molecule has 2 rings (SSSR count). The van der Waals surface area contributed by atoms with Crippen molar-refractivity contribution in [2.24, 2.45) is 0 Å². The summed E-state index contributed by atoms with van der Waals surface area (Å²) in [5.41, 5.74) is 0. The number of ketones is 2. The molecule has 0 atom stereocenters. The van der Waals surface area contributed by atoms with Gasteiger partial charge < -0.3 is 5.32 Å². The molecule has 1 aliphatic carbocycles. The molecule has 1 aromatic rings. The fraction of sp³-hybridized carbons (Fsp3) is 0.650. The van der Waals surface area contributed by atoms with Gasteiger partial charge in [-0.3, -0.25) is 14.4 Å². The van der Waals surface area contributed by atoms with E-state index in [1.165, 1.54) is 43.4 Å². The van der Waals surface area contributed by atoms with E-state index in [4.69, 9.17) is 0 Å². The molecule has 5 heteroatoms. The highest BCUT2D eigenvalue weighted by Crippen LogP contribution is 2.18. The summed E-state index contributed by atoms with van der Waals surface area (Å²) in [6.45, 7) is 1.96. The van der Waals surface area contributed by atoms with Crippen molar-refractivity contribution in [1.29, 1.82) is 0 Å². The fourth-order valence-electron chi connectivity index (χ4n) is 3.24. The third-order valence-corrected chi connectivity index (χ3v) is 5.79. The van der Waals surface area contributed by atoms with Crippen LogP contribution in [0.3, 0.4) is 0 Å². The third-order valence-electron chi connectivity index (χ3n) is 4.75. The molecule has 0 bridgehead atoms. The number of nitrogens with one attached hydrogen (secondary N) is 1. The lowest BCUT2D eigenvalue weighted by molar-refractivity contribution is -0.126. The molecule has 1 N–H and O–H groups in total. The molecule has 0 radical (unpaired) electrons. The number of hydrogen-bond donors (Lipinski definition) is 1. The first-order valence-corrected chi connectivity index (χ1v) is 10.3. The van der Waals surface area contributed by atoms with Crippen LogP contribution >= 0.6 is 11.3 Å². The Balaban J connectivity index is 1.63. The summed E-state index contributed by atoms with van der Waals surface area (Å²) < 4.78 is 0. The van der Waals surface area contributed by atoms with Crippen molar-refractivity contribution in [3.8, 4) is 0 Å². The van der Waals surface area contributed by atoms with E-state index in [0.717, 1.165) is 17.7 Å². The van der Waals surface area contributed by atoms with Crippen molar-refractivity contribution < 1.29 is 14.4 Å². The number of thiophene rings is 1. The lowest BCUT2D eigenvalue weighted by Gasteiger charge is -2.20. The number of amides is 1. The molecule has 0 spiro atoms. The van der Waals surface area contributed by atoms with E-state index in [2.05, 4.69) is 5.32 Å². The minimum Gasteiger partial charge on any atom is -0.353 e. The summed E-state index contributed by atoms with van der Waals surface area (Å²) in [6.07, 6.45) is 9.20. The van der Waals surface area contributed by atoms with Gasteiger partial charge in [-0.25, -0.2) is 0 Å². The Labute approximate surface area is 154 Å². The Hall–Kier alpha value is -1.49. The zero-order chi connectivity index (χ0) is 18.1. The molecule has 0 aromatic carbocycles. The molecule has 1 aromatic heterocycles. The molecule has 1 saturated carbocycles. The Morgan fingerprint density at radius 2 is 1.60 bits per heavy atom. The van der Waals surface area contributed by atoms with Crippen LogP contribution in [-0.2, 0) is 9.59 Å². The highest BCUT2D eigenvalue weighted by molar-refractivity contribution is 7.14. The van der Waals surface area contributed by atoms with Crippen molar-refractivity contribution in [3.05, 3.63) is 21.9 Å². The first kappa shape index (κ1) is 19.8. The number of carbonyl (C=O) groups is 3. The predicted octanol–water partition coefficient (Wildman–Crippen LogP) is 4.60. The van der Waals surface area contributed by atoms with Crippen LogP contribution in [0.25, 0.3) is 0 Å². The second-order valence-corrected chi connectivity index (χ2v) is 8.27. The van der Waals surface area contributed by atoms with Crippen molar-refractivity contribution in [1.82, 2.24) is 5.32 Å². The van der Waals surface area contributed by atoms with Crippen LogP contribution in [0.4, 0.5) is 0 Å². The molecule has 25 heavy (non-hydrogen) atoms. The van der Waals surface area contributed by atoms with E-state index in [-0.39, 0.29) is 49.2 Å².